The van der Waals surface area contributed by atoms with Gasteiger partial charge in [0.05, 0.1) is 11.9 Å². The van der Waals surface area contributed by atoms with Gasteiger partial charge < -0.3 is 10.2 Å². The van der Waals surface area contributed by atoms with Gasteiger partial charge in [0.2, 0.25) is 0 Å². The molecule has 0 bridgehead atoms. The number of piperazine rings is 1. The molecular weight excluding hydrogens is 304 g/mol. The van der Waals surface area contributed by atoms with Gasteiger partial charge in [0.15, 0.2) is 5.69 Å². The maximum absolute atomic E-state index is 12.7. The molecule has 0 radical (unpaired) electrons. The van der Waals surface area contributed by atoms with Crippen LogP contribution in [0.5, 0.6) is 0 Å². The molecule has 3 heterocycles. The van der Waals surface area contributed by atoms with Crippen molar-refractivity contribution in [2.45, 2.75) is 12.5 Å². The molecule has 1 aromatic carbocycles. The van der Waals surface area contributed by atoms with E-state index in [4.69, 9.17) is 0 Å². The third-order valence-electron chi connectivity index (χ3n) is 4.82. The van der Waals surface area contributed by atoms with Gasteiger partial charge in [-0.05, 0) is 18.6 Å². The van der Waals surface area contributed by atoms with Gasteiger partial charge >= 0.3 is 0 Å². The summed E-state index contributed by atoms with van der Waals surface area (Å²) in [6.45, 7) is 5.79. The van der Waals surface area contributed by atoms with Gasteiger partial charge in [-0.15, -0.1) is 5.10 Å². The van der Waals surface area contributed by atoms with E-state index >= 15 is 0 Å². The quantitative estimate of drug-likeness (QED) is 0.884. The van der Waals surface area contributed by atoms with Gasteiger partial charge in [-0.1, -0.05) is 18.2 Å². The molecule has 1 atom stereocenters. The molecule has 1 N–H and O–H groups in total. The molecule has 2 saturated heterocycles. The van der Waals surface area contributed by atoms with E-state index in [0.29, 0.717) is 11.7 Å². The minimum Gasteiger partial charge on any atom is -0.336 e. The first kappa shape index (κ1) is 15.3. The molecule has 1 amide bonds. The van der Waals surface area contributed by atoms with Crippen LogP contribution < -0.4 is 5.32 Å². The molecule has 7 nitrogen and oxygen atoms in total. The first-order valence-corrected chi connectivity index (χ1v) is 8.53. The zero-order valence-corrected chi connectivity index (χ0v) is 13.6. The first-order chi connectivity index (χ1) is 11.8. The average Bonchev–Trinajstić information content (AvgIpc) is 3.33. The highest BCUT2D eigenvalue weighted by Gasteiger charge is 2.32. The molecule has 2 aliphatic heterocycles. The van der Waals surface area contributed by atoms with Gasteiger partial charge in [0, 0.05) is 45.3 Å². The summed E-state index contributed by atoms with van der Waals surface area (Å²) in [4.78, 5) is 18.6. The molecule has 1 unspecified atom stereocenters. The number of benzene rings is 1. The summed E-state index contributed by atoms with van der Waals surface area (Å²) in [5, 5.41) is 12.0. The number of carbonyl (C=O) groups excluding carboxylic acids is 1. The fourth-order valence-electron chi connectivity index (χ4n) is 3.48. The first-order valence-electron chi connectivity index (χ1n) is 8.53. The van der Waals surface area contributed by atoms with E-state index < -0.39 is 0 Å². The zero-order valence-electron chi connectivity index (χ0n) is 13.6. The van der Waals surface area contributed by atoms with E-state index in [1.165, 1.54) is 4.80 Å². The average molecular weight is 326 g/mol. The topological polar surface area (TPSA) is 66.3 Å². The highest BCUT2D eigenvalue weighted by atomic mass is 16.2. The van der Waals surface area contributed by atoms with E-state index in [9.17, 15) is 4.79 Å². The fraction of sp³-hybridized carbons (Fsp3) is 0.471. The molecule has 0 aliphatic carbocycles. The lowest BCUT2D eigenvalue weighted by atomic mass is 10.2. The second-order valence-electron chi connectivity index (χ2n) is 6.33. The number of hydrogen-bond acceptors (Lipinski definition) is 5. The van der Waals surface area contributed by atoms with Crippen LogP contribution in [0.25, 0.3) is 5.69 Å². The summed E-state index contributed by atoms with van der Waals surface area (Å²) in [6, 6.07) is 10.1. The molecule has 0 spiro atoms. The Hall–Kier alpha value is -2.25. The molecule has 126 valence electrons. The smallest absolute Gasteiger partial charge is 0.276 e. The maximum atomic E-state index is 12.7. The van der Waals surface area contributed by atoms with Crippen molar-refractivity contribution in [1.82, 2.24) is 30.1 Å². The Balaban J connectivity index is 1.42. The Bertz CT molecular complexity index is 694. The Kier molecular flexibility index (Phi) is 4.27. The number of carbonyl (C=O) groups is 1. The van der Waals surface area contributed by atoms with Gasteiger partial charge in [-0.25, -0.2) is 0 Å². The number of para-hydroxylation sites is 1. The third-order valence-corrected chi connectivity index (χ3v) is 4.82. The van der Waals surface area contributed by atoms with Gasteiger partial charge in [0.25, 0.3) is 5.91 Å². The van der Waals surface area contributed by atoms with Crippen molar-refractivity contribution < 1.29 is 4.79 Å². The minimum atomic E-state index is -0.0187. The number of amides is 1. The Morgan fingerprint density at radius 3 is 2.71 bits per heavy atom. The van der Waals surface area contributed by atoms with Crippen LogP contribution in [0.3, 0.4) is 0 Å². The van der Waals surface area contributed by atoms with Crippen molar-refractivity contribution in [3.8, 4) is 5.69 Å². The summed E-state index contributed by atoms with van der Waals surface area (Å²) < 4.78 is 0. The number of aromatic nitrogens is 3. The maximum Gasteiger partial charge on any atom is 0.276 e. The molecule has 0 saturated carbocycles. The van der Waals surface area contributed by atoms with Crippen molar-refractivity contribution >= 4 is 5.91 Å². The van der Waals surface area contributed by atoms with Crippen molar-refractivity contribution in [1.29, 1.82) is 0 Å². The minimum absolute atomic E-state index is 0.0187. The van der Waals surface area contributed by atoms with Crippen LogP contribution in [-0.2, 0) is 0 Å². The molecule has 4 rings (SSSR count). The van der Waals surface area contributed by atoms with E-state index in [0.717, 1.165) is 51.4 Å². The highest BCUT2D eigenvalue weighted by Crippen LogP contribution is 2.18. The lowest BCUT2D eigenvalue weighted by molar-refractivity contribution is 0.0767. The largest absolute Gasteiger partial charge is 0.336 e. The molecule has 24 heavy (non-hydrogen) atoms. The molecule has 2 aliphatic rings. The Labute approximate surface area is 141 Å². The lowest BCUT2D eigenvalue weighted by Gasteiger charge is -2.32. The van der Waals surface area contributed by atoms with E-state index in [1.54, 1.807) is 6.20 Å². The van der Waals surface area contributed by atoms with Gasteiger partial charge in [0.1, 0.15) is 0 Å². The third kappa shape index (κ3) is 3.05. The van der Waals surface area contributed by atoms with Crippen LogP contribution in [0.2, 0.25) is 0 Å². The van der Waals surface area contributed by atoms with Crippen LogP contribution in [0.4, 0.5) is 0 Å². The number of rotatable bonds is 3. The molecule has 2 fully saturated rings. The lowest BCUT2D eigenvalue weighted by Crippen LogP contribution is -2.49. The van der Waals surface area contributed by atoms with Crippen molar-refractivity contribution in [3.05, 3.63) is 42.2 Å². The van der Waals surface area contributed by atoms with Crippen LogP contribution in [-0.4, -0.2) is 76.0 Å². The summed E-state index contributed by atoms with van der Waals surface area (Å²) in [6.07, 6.45) is 2.60. The van der Waals surface area contributed by atoms with Crippen LogP contribution in [0, 0.1) is 0 Å². The van der Waals surface area contributed by atoms with Gasteiger partial charge in [-0.2, -0.15) is 9.90 Å². The second-order valence-corrected chi connectivity index (χ2v) is 6.33. The standard InChI is InChI=1S/C17H22N6O/c24-17(16-12-19-23(20-16)14-4-2-1-3-5-14)22-9-6-15(13-22)21-10-7-18-8-11-21/h1-5,12,15,18H,6-11,13H2. The molecule has 2 aromatic rings. The highest BCUT2D eigenvalue weighted by molar-refractivity contribution is 5.92. The zero-order chi connectivity index (χ0) is 16.4. The van der Waals surface area contributed by atoms with Crippen LogP contribution >= 0.6 is 0 Å². The van der Waals surface area contributed by atoms with Crippen molar-refractivity contribution in [2.75, 3.05) is 39.3 Å². The summed E-state index contributed by atoms with van der Waals surface area (Å²) in [5.74, 6) is -0.0187. The van der Waals surface area contributed by atoms with E-state index in [1.807, 2.05) is 35.2 Å². The summed E-state index contributed by atoms with van der Waals surface area (Å²) in [7, 11) is 0. The van der Waals surface area contributed by atoms with Gasteiger partial charge in [-0.3, -0.25) is 9.69 Å². The number of likely N-dealkylation sites (tertiary alicyclic amines) is 1. The second kappa shape index (κ2) is 6.70. The normalized spacial score (nSPS) is 22.0. The predicted molar refractivity (Wildman–Crippen MR) is 90.1 cm³/mol. The molecule has 1 aromatic heterocycles. The number of nitrogens with one attached hydrogen (secondary N) is 1. The van der Waals surface area contributed by atoms with E-state index in [2.05, 4.69) is 20.4 Å². The van der Waals surface area contributed by atoms with Crippen molar-refractivity contribution in [3.63, 3.8) is 0 Å². The van der Waals surface area contributed by atoms with Crippen molar-refractivity contribution in [2.24, 2.45) is 0 Å². The van der Waals surface area contributed by atoms with Crippen LogP contribution in [0.1, 0.15) is 16.9 Å². The van der Waals surface area contributed by atoms with Crippen LogP contribution in [0.15, 0.2) is 36.5 Å². The predicted octanol–water partition coefficient (Wildman–Crippen LogP) is 0.387. The summed E-state index contributed by atoms with van der Waals surface area (Å²) >= 11 is 0. The fourth-order valence-corrected chi connectivity index (χ4v) is 3.48. The number of hydrogen-bond donors (Lipinski definition) is 1. The Morgan fingerprint density at radius 1 is 1.12 bits per heavy atom. The molecular formula is C17H22N6O. The monoisotopic (exact) mass is 326 g/mol. The number of nitrogens with zero attached hydrogens (tertiary/aromatic N) is 5. The summed E-state index contributed by atoms with van der Waals surface area (Å²) in [5.41, 5.74) is 1.27. The Morgan fingerprint density at radius 2 is 1.92 bits per heavy atom. The van der Waals surface area contributed by atoms with E-state index in [-0.39, 0.29) is 5.91 Å². The molecule has 7 heteroatoms. The SMILES string of the molecule is O=C(c1cnn(-c2ccccc2)n1)N1CCC(N2CCNCC2)C1.